The molecule has 2 fully saturated rings. The van der Waals surface area contributed by atoms with Gasteiger partial charge in [-0.2, -0.15) is 0 Å². The summed E-state index contributed by atoms with van der Waals surface area (Å²) < 4.78 is 20.7. The fourth-order valence-corrected chi connectivity index (χ4v) is 6.00. The van der Waals surface area contributed by atoms with Gasteiger partial charge in [-0.25, -0.2) is 9.18 Å². The zero-order chi connectivity index (χ0) is 20.0. The maximum absolute atomic E-state index is 14.9. The highest BCUT2D eigenvalue weighted by Crippen LogP contribution is 2.47. The number of carboxylic acid groups (broad SMARTS) is 1. The number of fused-ring (bicyclic) bond motifs is 1. The van der Waals surface area contributed by atoms with Crippen LogP contribution in [-0.2, 0) is 10.3 Å². The first-order chi connectivity index (χ1) is 12.6. The Bertz CT molecular complexity index is 727. The molecule has 150 valence electrons. The molecule has 0 bridgehead atoms. The third kappa shape index (κ3) is 3.62. The van der Waals surface area contributed by atoms with Crippen LogP contribution in [-0.4, -0.2) is 46.1 Å². The maximum Gasteiger partial charge on any atom is 0.409 e. The highest BCUT2D eigenvalue weighted by molar-refractivity contribution is 7.99. The molecule has 0 aliphatic carbocycles. The summed E-state index contributed by atoms with van der Waals surface area (Å²) in [6, 6.07) is 4.55. The van der Waals surface area contributed by atoms with Gasteiger partial charge in [-0.1, -0.05) is 6.92 Å². The molecule has 2 aliphatic heterocycles. The third-order valence-electron chi connectivity index (χ3n) is 5.48. The molecule has 27 heavy (non-hydrogen) atoms. The molecule has 0 aromatic heterocycles. The lowest BCUT2D eigenvalue weighted by Crippen LogP contribution is -2.68. The number of nitrogens with one attached hydrogen (secondary N) is 1. The number of amides is 1. The smallest absolute Gasteiger partial charge is 0.409 e. The second kappa shape index (κ2) is 7.14. The number of carbonyl (C=O) groups is 1. The lowest BCUT2D eigenvalue weighted by molar-refractivity contribution is -0.0671. The van der Waals surface area contributed by atoms with Crippen LogP contribution in [0.15, 0.2) is 18.2 Å². The van der Waals surface area contributed by atoms with Crippen molar-refractivity contribution in [2.45, 2.75) is 44.3 Å². The topological polar surface area (TPSA) is 87.8 Å². The minimum absolute atomic E-state index is 0.0967. The number of ether oxygens (including phenoxy) is 1. The van der Waals surface area contributed by atoms with Gasteiger partial charge in [0.1, 0.15) is 11.3 Å². The minimum atomic E-state index is -1.01. The van der Waals surface area contributed by atoms with Crippen molar-refractivity contribution in [1.82, 2.24) is 10.2 Å². The van der Waals surface area contributed by atoms with Crippen molar-refractivity contribution in [3.05, 3.63) is 29.6 Å². The second-order valence-electron chi connectivity index (χ2n) is 8.46. The molecule has 0 saturated carbocycles. The van der Waals surface area contributed by atoms with Crippen molar-refractivity contribution in [2.24, 2.45) is 11.8 Å². The molecular formula is C19H28FN3O3S. The number of anilines is 1. The van der Waals surface area contributed by atoms with E-state index in [0.717, 1.165) is 0 Å². The molecule has 0 spiro atoms. The number of nitrogen functional groups attached to an aromatic ring is 1. The zero-order valence-corrected chi connectivity index (χ0v) is 17.0. The van der Waals surface area contributed by atoms with E-state index in [-0.39, 0.29) is 24.3 Å². The molecule has 4 atom stereocenters. The molecule has 2 heterocycles. The van der Waals surface area contributed by atoms with Crippen LogP contribution in [0.25, 0.3) is 0 Å². The monoisotopic (exact) mass is 397 g/mol. The van der Waals surface area contributed by atoms with E-state index in [1.54, 1.807) is 17.8 Å². The van der Waals surface area contributed by atoms with Gasteiger partial charge in [0.25, 0.3) is 0 Å². The molecular weight excluding hydrogens is 369 g/mol. The zero-order valence-electron chi connectivity index (χ0n) is 16.2. The molecule has 4 unspecified atom stereocenters. The lowest BCUT2D eigenvalue weighted by Gasteiger charge is -2.55. The van der Waals surface area contributed by atoms with Gasteiger partial charge in [-0.3, -0.25) is 10.2 Å². The first-order valence-corrected chi connectivity index (χ1v) is 10.2. The normalized spacial score (nSPS) is 31.2. The van der Waals surface area contributed by atoms with Gasteiger partial charge in [0.2, 0.25) is 0 Å². The quantitative estimate of drug-likeness (QED) is 0.664. The third-order valence-corrected chi connectivity index (χ3v) is 6.68. The second-order valence-corrected chi connectivity index (χ2v) is 9.58. The Balaban J connectivity index is 2.08. The Kier molecular flexibility index (Phi) is 5.35. The van der Waals surface area contributed by atoms with E-state index >= 15 is 0 Å². The average molecular weight is 398 g/mol. The summed E-state index contributed by atoms with van der Waals surface area (Å²) in [6.07, 6.45) is -1.01. The van der Waals surface area contributed by atoms with Crippen molar-refractivity contribution in [3.63, 3.8) is 0 Å². The Morgan fingerprint density at radius 2 is 2.19 bits per heavy atom. The van der Waals surface area contributed by atoms with Crippen LogP contribution in [0.1, 0.15) is 33.3 Å². The van der Waals surface area contributed by atoms with Gasteiger partial charge in [0.15, 0.2) is 0 Å². The van der Waals surface area contributed by atoms with Crippen LogP contribution < -0.4 is 11.1 Å². The van der Waals surface area contributed by atoms with Gasteiger partial charge < -0.3 is 15.6 Å². The van der Waals surface area contributed by atoms with E-state index in [4.69, 9.17) is 10.5 Å². The lowest BCUT2D eigenvalue weighted by atomic mass is 9.71. The number of rotatable bonds is 2. The van der Waals surface area contributed by atoms with Gasteiger partial charge >= 0.3 is 6.09 Å². The van der Waals surface area contributed by atoms with Crippen LogP contribution in [0.5, 0.6) is 0 Å². The molecule has 0 radical (unpaired) electrons. The predicted octanol–water partition coefficient (Wildman–Crippen LogP) is 3.28. The van der Waals surface area contributed by atoms with Crippen molar-refractivity contribution < 1.29 is 19.0 Å². The first kappa shape index (κ1) is 20.2. The number of halogens is 1. The predicted molar refractivity (Wildman–Crippen MR) is 105 cm³/mol. The van der Waals surface area contributed by atoms with Crippen LogP contribution in [0.4, 0.5) is 14.9 Å². The fourth-order valence-electron chi connectivity index (χ4n) is 4.14. The van der Waals surface area contributed by atoms with Gasteiger partial charge in [0.05, 0.1) is 12.1 Å². The number of hydrogen-bond acceptors (Lipinski definition) is 5. The number of benzene rings is 1. The van der Waals surface area contributed by atoms with Crippen molar-refractivity contribution in [1.29, 1.82) is 0 Å². The van der Waals surface area contributed by atoms with Crippen molar-refractivity contribution >= 4 is 23.5 Å². The van der Waals surface area contributed by atoms with Crippen LogP contribution in [0.3, 0.4) is 0 Å². The largest absolute Gasteiger partial charge is 0.465 e. The number of thioether (sulfide) groups is 1. The molecule has 3 rings (SSSR count). The number of nitrogens with two attached hydrogens (primary N) is 1. The highest BCUT2D eigenvalue weighted by Gasteiger charge is 2.53. The molecule has 6 nitrogen and oxygen atoms in total. The average Bonchev–Trinajstić information content (AvgIpc) is 2.55. The van der Waals surface area contributed by atoms with Crippen molar-refractivity contribution in [2.75, 3.05) is 24.7 Å². The summed E-state index contributed by atoms with van der Waals surface area (Å²) in [5.41, 5.74) is 4.92. The Labute approximate surface area is 163 Å². The van der Waals surface area contributed by atoms with Gasteiger partial charge in [0, 0.05) is 29.1 Å². The maximum atomic E-state index is 14.9. The van der Waals surface area contributed by atoms with Crippen LogP contribution >= 0.6 is 11.8 Å². The summed E-state index contributed by atoms with van der Waals surface area (Å²) >= 11 is 1.54. The fraction of sp³-hybridized carbons (Fsp3) is 0.632. The van der Waals surface area contributed by atoms with Gasteiger partial charge in [-0.15, -0.1) is 11.8 Å². The van der Waals surface area contributed by atoms with E-state index in [0.29, 0.717) is 23.6 Å². The SMILES string of the molecule is CC1COCC2(c3cc(N)ccc3F)NC(N(C(=O)O)C(C)(C)C)SCC12. The van der Waals surface area contributed by atoms with Crippen LogP contribution in [0.2, 0.25) is 0 Å². The molecule has 2 aliphatic rings. The Morgan fingerprint density at radius 3 is 2.81 bits per heavy atom. The van der Waals surface area contributed by atoms with E-state index in [9.17, 15) is 14.3 Å². The molecule has 8 heteroatoms. The number of hydrogen-bond donors (Lipinski definition) is 3. The Hall–Kier alpha value is -1.51. The molecule has 1 aromatic carbocycles. The van der Waals surface area contributed by atoms with E-state index in [1.165, 1.54) is 17.0 Å². The summed E-state index contributed by atoms with van der Waals surface area (Å²) in [5, 5.41) is 13.3. The molecule has 1 amide bonds. The standard InChI is InChI=1S/C19H28FN3O3S/c1-11-8-26-10-19(13-7-12(21)5-6-15(13)20)14(11)9-27-16(22-19)23(17(24)25)18(2,3)4/h5-7,11,14,16,22H,8-10,21H2,1-4H3,(H,24,25). The summed E-state index contributed by atoms with van der Waals surface area (Å²) in [5.74, 6) is 0.645. The van der Waals surface area contributed by atoms with E-state index < -0.39 is 22.7 Å². The van der Waals surface area contributed by atoms with Crippen LogP contribution in [0, 0.1) is 17.7 Å². The molecule has 1 aromatic rings. The first-order valence-electron chi connectivity index (χ1n) is 9.11. The summed E-state index contributed by atoms with van der Waals surface area (Å²) in [6.45, 7) is 8.52. The molecule has 2 saturated heterocycles. The Morgan fingerprint density at radius 1 is 1.48 bits per heavy atom. The minimum Gasteiger partial charge on any atom is -0.465 e. The van der Waals surface area contributed by atoms with E-state index in [1.807, 2.05) is 20.8 Å². The van der Waals surface area contributed by atoms with E-state index in [2.05, 4.69) is 12.2 Å². The number of nitrogens with zero attached hydrogens (tertiary/aromatic N) is 1. The molecule has 4 N–H and O–H groups in total. The summed E-state index contributed by atoms with van der Waals surface area (Å²) in [4.78, 5) is 13.4. The summed E-state index contributed by atoms with van der Waals surface area (Å²) in [7, 11) is 0. The van der Waals surface area contributed by atoms with Crippen molar-refractivity contribution in [3.8, 4) is 0 Å². The highest BCUT2D eigenvalue weighted by atomic mass is 32.2. The van der Waals surface area contributed by atoms with Gasteiger partial charge in [-0.05, 0) is 50.8 Å².